The van der Waals surface area contributed by atoms with Gasteiger partial charge in [-0.3, -0.25) is 0 Å². The zero-order valence-electron chi connectivity index (χ0n) is 8.17. The number of rotatable bonds is 6. The van der Waals surface area contributed by atoms with E-state index in [2.05, 4.69) is 4.31 Å². The molecule has 0 amide bonds. The lowest BCUT2D eigenvalue weighted by Crippen LogP contribution is -2.05. The highest BCUT2D eigenvalue weighted by atomic mass is 31.2. The van der Waals surface area contributed by atoms with Crippen molar-refractivity contribution in [2.75, 3.05) is 0 Å². The smallest absolute Gasteiger partial charge is 0.328 e. The highest BCUT2D eigenvalue weighted by molar-refractivity contribution is 7.54. The summed E-state index contributed by atoms with van der Waals surface area (Å²) in [5.74, 6) is 0. The third kappa shape index (κ3) is 8.98. The molecule has 0 aromatic heterocycles. The Morgan fingerprint density at radius 3 is 1.54 bits per heavy atom. The summed E-state index contributed by atoms with van der Waals surface area (Å²) in [5.41, 5.74) is 0. The van der Waals surface area contributed by atoms with Gasteiger partial charge in [-0.2, -0.15) is 0 Å². The molecule has 0 aromatic rings. The van der Waals surface area contributed by atoms with E-state index in [0.717, 1.165) is 0 Å². The molecule has 0 spiro atoms. The first kappa shape index (κ1) is 13.7. The molecule has 13 heavy (non-hydrogen) atoms. The summed E-state index contributed by atoms with van der Waals surface area (Å²) in [6.45, 7) is 7.28. The lowest BCUT2D eigenvalue weighted by Gasteiger charge is -2.20. The summed E-state index contributed by atoms with van der Waals surface area (Å²) in [6, 6.07) is 0. The SMILES string of the molecule is CC(C)OP(OC(C)C)OP(O)O. The average molecular weight is 230 g/mol. The average Bonchev–Trinajstić information content (AvgIpc) is 1.80. The lowest BCUT2D eigenvalue weighted by atomic mass is 10.5. The predicted molar refractivity (Wildman–Crippen MR) is 51.8 cm³/mol. The predicted octanol–water partition coefficient (Wildman–Crippen LogP) is 2.29. The van der Waals surface area contributed by atoms with E-state index in [1.165, 1.54) is 0 Å². The molecule has 0 aliphatic heterocycles. The van der Waals surface area contributed by atoms with Crippen LogP contribution in [0.1, 0.15) is 27.7 Å². The van der Waals surface area contributed by atoms with Gasteiger partial charge in [0, 0.05) is 0 Å². The van der Waals surface area contributed by atoms with Crippen LogP contribution >= 0.6 is 17.2 Å². The molecule has 0 bridgehead atoms. The molecule has 0 saturated heterocycles. The van der Waals surface area contributed by atoms with E-state index in [1.54, 1.807) is 0 Å². The van der Waals surface area contributed by atoms with E-state index < -0.39 is 17.2 Å². The fourth-order valence-corrected chi connectivity index (χ4v) is 1.99. The Balaban J connectivity index is 3.87. The van der Waals surface area contributed by atoms with E-state index >= 15 is 0 Å². The van der Waals surface area contributed by atoms with Crippen molar-refractivity contribution in [3.05, 3.63) is 0 Å². The van der Waals surface area contributed by atoms with Gasteiger partial charge in [0.2, 0.25) is 0 Å². The first-order valence-corrected chi connectivity index (χ1v) is 6.17. The highest BCUT2D eigenvalue weighted by Crippen LogP contribution is 2.51. The maximum Gasteiger partial charge on any atom is 0.340 e. The zero-order valence-corrected chi connectivity index (χ0v) is 9.96. The largest absolute Gasteiger partial charge is 0.340 e. The van der Waals surface area contributed by atoms with Gasteiger partial charge >= 0.3 is 17.2 Å². The van der Waals surface area contributed by atoms with Crippen molar-refractivity contribution in [1.82, 2.24) is 0 Å². The second kappa shape index (κ2) is 7.02. The maximum absolute atomic E-state index is 8.60. The summed E-state index contributed by atoms with van der Waals surface area (Å²) >= 11 is 0. The summed E-state index contributed by atoms with van der Waals surface area (Å²) in [6.07, 6.45) is -0.139. The van der Waals surface area contributed by atoms with Gasteiger partial charge in [0.15, 0.2) is 0 Å². The normalized spacial score (nSPS) is 12.5. The third-order valence-corrected chi connectivity index (χ3v) is 3.04. The Labute approximate surface area is 81.0 Å². The molecule has 0 saturated carbocycles. The molecule has 80 valence electrons. The van der Waals surface area contributed by atoms with E-state index in [0.29, 0.717) is 0 Å². The molecule has 0 fully saturated rings. The molecule has 0 rings (SSSR count). The summed E-state index contributed by atoms with van der Waals surface area (Å²) in [4.78, 5) is 17.2. The van der Waals surface area contributed by atoms with Gasteiger partial charge in [-0.05, 0) is 27.7 Å². The molecule has 7 heteroatoms. The Morgan fingerprint density at radius 2 is 1.31 bits per heavy atom. The second-order valence-corrected chi connectivity index (χ2v) is 4.89. The van der Waals surface area contributed by atoms with Crippen LogP contribution in [0.25, 0.3) is 0 Å². The Bertz CT molecular complexity index is 106. The minimum absolute atomic E-state index is 0.0696. The topological polar surface area (TPSA) is 68.2 Å². The maximum atomic E-state index is 8.60. The highest BCUT2D eigenvalue weighted by Gasteiger charge is 2.20. The van der Waals surface area contributed by atoms with Gasteiger partial charge in [-0.15, -0.1) is 0 Å². The molecule has 2 N–H and O–H groups in total. The lowest BCUT2D eigenvalue weighted by molar-refractivity contribution is 0.140. The molecule has 0 aliphatic carbocycles. The van der Waals surface area contributed by atoms with Crippen molar-refractivity contribution in [3.8, 4) is 0 Å². The van der Waals surface area contributed by atoms with Gasteiger partial charge < -0.3 is 18.8 Å². The van der Waals surface area contributed by atoms with Crippen molar-refractivity contribution in [2.45, 2.75) is 39.9 Å². The molecule has 0 unspecified atom stereocenters. The monoisotopic (exact) mass is 230 g/mol. The molecule has 5 nitrogen and oxygen atoms in total. The molecule has 0 aliphatic rings. The van der Waals surface area contributed by atoms with Gasteiger partial charge in [-0.25, -0.2) is 4.31 Å². The number of hydrogen-bond acceptors (Lipinski definition) is 5. The van der Waals surface area contributed by atoms with Gasteiger partial charge in [0.25, 0.3) is 0 Å². The minimum Gasteiger partial charge on any atom is -0.328 e. The van der Waals surface area contributed by atoms with Crippen molar-refractivity contribution in [2.24, 2.45) is 0 Å². The fraction of sp³-hybridized carbons (Fsp3) is 1.00. The number of hydrogen-bond donors (Lipinski definition) is 2. The Morgan fingerprint density at radius 1 is 0.923 bits per heavy atom. The van der Waals surface area contributed by atoms with E-state index in [1.807, 2.05) is 27.7 Å². The van der Waals surface area contributed by atoms with E-state index in [4.69, 9.17) is 18.8 Å². The Hall–Kier alpha value is 0.660. The Kier molecular flexibility index (Phi) is 7.37. The third-order valence-electron chi connectivity index (χ3n) is 0.733. The first-order chi connectivity index (χ1) is 5.91. The zero-order chi connectivity index (χ0) is 10.4. The summed E-state index contributed by atoms with van der Waals surface area (Å²) in [7, 11) is -4.07. The van der Waals surface area contributed by atoms with Crippen LogP contribution in [0.4, 0.5) is 0 Å². The van der Waals surface area contributed by atoms with Gasteiger partial charge in [0.1, 0.15) is 0 Å². The fourth-order valence-electron chi connectivity index (χ4n) is 0.467. The summed E-state index contributed by atoms with van der Waals surface area (Å²) in [5, 5.41) is 0. The van der Waals surface area contributed by atoms with Crippen molar-refractivity contribution in [1.29, 1.82) is 0 Å². The standard InChI is InChI=1S/C6H16O5P2/c1-5(2)9-13(10-6(3)4)11-12(7)8/h5-8H,1-4H3. The molecular formula is C6H16O5P2. The van der Waals surface area contributed by atoms with Crippen LogP contribution in [-0.2, 0) is 13.4 Å². The van der Waals surface area contributed by atoms with E-state index in [-0.39, 0.29) is 12.2 Å². The van der Waals surface area contributed by atoms with Crippen molar-refractivity contribution >= 4 is 17.2 Å². The second-order valence-electron chi connectivity index (χ2n) is 2.87. The van der Waals surface area contributed by atoms with Gasteiger partial charge in [0.05, 0.1) is 12.2 Å². The van der Waals surface area contributed by atoms with Crippen LogP contribution in [0.5, 0.6) is 0 Å². The molecule has 0 atom stereocenters. The molecule has 0 aromatic carbocycles. The van der Waals surface area contributed by atoms with Crippen LogP contribution in [0, 0.1) is 0 Å². The van der Waals surface area contributed by atoms with E-state index in [9.17, 15) is 0 Å². The van der Waals surface area contributed by atoms with Crippen LogP contribution in [0.3, 0.4) is 0 Å². The molecule has 0 radical (unpaired) electrons. The van der Waals surface area contributed by atoms with Crippen LogP contribution < -0.4 is 0 Å². The van der Waals surface area contributed by atoms with Crippen LogP contribution in [-0.4, -0.2) is 22.0 Å². The van der Waals surface area contributed by atoms with Crippen LogP contribution in [0.2, 0.25) is 0 Å². The van der Waals surface area contributed by atoms with Crippen LogP contribution in [0.15, 0.2) is 0 Å². The van der Waals surface area contributed by atoms with Crippen molar-refractivity contribution in [3.63, 3.8) is 0 Å². The quantitative estimate of drug-likeness (QED) is 0.685. The minimum atomic E-state index is -2.42. The molecule has 0 heterocycles. The molecular weight excluding hydrogens is 214 g/mol. The summed E-state index contributed by atoms with van der Waals surface area (Å²) < 4.78 is 15.0. The van der Waals surface area contributed by atoms with Crippen molar-refractivity contribution < 1.29 is 23.1 Å². The first-order valence-electron chi connectivity index (χ1n) is 3.91. The van der Waals surface area contributed by atoms with Gasteiger partial charge in [-0.1, -0.05) is 0 Å².